The smallest absolute Gasteiger partial charge is 0.260 e. The van der Waals surface area contributed by atoms with Gasteiger partial charge in [-0.25, -0.2) is 0 Å². The second-order valence-electron chi connectivity index (χ2n) is 5.36. The maximum Gasteiger partial charge on any atom is 0.260 e. The van der Waals surface area contributed by atoms with Gasteiger partial charge in [-0.05, 0) is 30.9 Å². The number of carbonyl (C=O) groups excluding carboxylic acids is 1. The highest BCUT2D eigenvalue weighted by Crippen LogP contribution is 2.01. The highest BCUT2D eigenvalue weighted by molar-refractivity contribution is 5.79. The van der Waals surface area contributed by atoms with Crippen molar-refractivity contribution in [2.24, 2.45) is 5.16 Å². The highest BCUT2D eigenvalue weighted by Gasteiger charge is 2.00. The molecule has 120 valence electrons. The number of nitrogens with one attached hydrogen (secondary N) is 1. The third kappa shape index (κ3) is 6.78. The molecule has 0 spiro atoms. The van der Waals surface area contributed by atoms with Crippen LogP contribution in [0.1, 0.15) is 23.1 Å². The molecule has 0 fully saturated rings. The van der Waals surface area contributed by atoms with E-state index in [0.717, 1.165) is 18.4 Å². The number of hydrogen-bond acceptors (Lipinski definition) is 3. The molecule has 0 heterocycles. The molecule has 2 aromatic rings. The number of benzene rings is 2. The fraction of sp³-hybridized carbons (Fsp3) is 0.263. The van der Waals surface area contributed by atoms with Gasteiger partial charge in [-0.2, -0.15) is 0 Å². The molecule has 0 aromatic heterocycles. The van der Waals surface area contributed by atoms with Gasteiger partial charge in [-0.15, -0.1) is 0 Å². The zero-order chi connectivity index (χ0) is 16.3. The van der Waals surface area contributed by atoms with Crippen LogP contribution >= 0.6 is 0 Å². The lowest BCUT2D eigenvalue weighted by molar-refractivity contribution is -0.125. The van der Waals surface area contributed by atoms with Gasteiger partial charge in [0.15, 0.2) is 6.61 Å². The first-order valence-electron chi connectivity index (χ1n) is 7.76. The van der Waals surface area contributed by atoms with E-state index >= 15 is 0 Å². The van der Waals surface area contributed by atoms with Crippen molar-refractivity contribution < 1.29 is 9.63 Å². The predicted molar refractivity (Wildman–Crippen MR) is 92.5 cm³/mol. The first-order chi connectivity index (χ1) is 11.2. The normalized spacial score (nSPS) is 10.7. The molecular formula is C19H22N2O2. The molecule has 1 amide bonds. The van der Waals surface area contributed by atoms with E-state index in [1.807, 2.05) is 49.4 Å². The zero-order valence-corrected chi connectivity index (χ0v) is 13.4. The van der Waals surface area contributed by atoms with Gasteiger partial charge in [0.2, 0.25) is 0 Å². The fourth-order valence-electron chi connectivity index (χ4n) is 2.06. The van der Waals surface area contributed by atoms with Gasteiger partial charge < -0.3 is 10.2 Å². The van der Waals surface area contributed by atoms with Crippen molar-refractivity contribution >= 4 is 12.1 Å². The van der Waals surface area contributed by atoms with Crippen LogP contribution in [-0.4, -0.2) is 25.3 Å². The zero-order valence-electron chi connectivity index (χ0n) is 13.4. The Morgan fingerprint density at radius 3 is 2.61 bits per heavy atom. The van der Waals surface area contributed by atoms with Crippen LogP contribution in [0.5, 0.6) is 0 Å². The van der Waals surface area contributed by atoms with Crippen molar-refractivity contribution in [1.82, 2.24) is 5.32 Å². The van der Waals surface area contributed by atoms with E-state index < -0.39 is 0 Å². The second kappa shape index (κ2) is 9.41. The summed E-state index contributed by atoms with van der Waals surface area (Å²) in [5.74, 6) is -0.154. The van der Waals surface area contributed by atoms with Gasteiger partial charge in [-0.1, -0.05) is 65.3 Å². The first-order valence-corrected chi connectivity index (χ1v) is 7.76. The quantitative estimate of drug-likeness (QED) is 0.463. The van der Waals surface area contributed by atoms with Gasteiger partial charge in [0.25, 0.3) is 5.91 Å². The summed E-state index contributed by atoms with van der Waals surface area (Å²) >= 11 is 0. The van der Waals surface area contributed by atoms with Crippen LogP contribution in [0.2, 0.25) is 0 Å². The highest BCUT2D eigenvalue weighted by atomic mass is 16.6. The Bertz CT molecular complexity index is 622. The van der Waals surface area contributed by atoms with Crippen molar-refractivity contribution in [2.75, 3.05) is 13.2 Å². The molecule has 23 heavy (non-hydrogen) atoms. The van der Waals surface area contributed by atoms with Crippen LogP contribution in [0.25, 0.3) is 0 Å². The molecule has 1 N–H and O–H groups in total. The number of nitrogens with zero attached hydrogens (tertiary/aromatic N) is 1. The Morgan fingerprint density at radius 1 is 1.13 bits per heavy atom. The summed E-state index contributed by atoms with van der Waals surface area (Å²) < 4.78 is 0. The molecule has 0 atom stereocenters. The average Bonchev–Trinajstić information content (AvgIpc) is 2.58. The lowest BCUT2D eigenvalue weighted by Crippen LogP contribution is -2.28. The maximum atomic E-state index is 11.6. The molecule has 4 nitrogen and oxygen atoms in total. The maximum absolute atomic E-state index is 11.6. The molecule has 0 aliphatic rings. The number of rotatable bonds is 8. The average molecular weight is 310 g/mol. The fourth-order valence-corrected chi connectivity index (χ4v) is 2.06. The van der Waals surface area contributed by atoms with Gasteiger partial charge >= 0.3 is 0 Å². The Balaban J connectivity index is 1.57. The van der Waals surface area contributed by atoms with Crippen LogP contribution in [0.3, 0.4) is 0 Å². The van der Waals surface area contributed by atoms with E-state index in [9.17, 15) is 4.79 Å². The largest absolute Gasteiger partial charge is 0.386 e. The molecule has 0 saturated carbocycles. The Kier molecular flexibility index (Phi) is 6.85. The van der Waals surface area contributed by atoms with Crippen molar-refractivity contribution in [3.8, 4) is 0 Å². The Labute approximate surface area is 137 Å². The van der Waals surface area contributed by atoms with E-state index in [4.69, 9.17) is 4.84 Å². The SMILES string of the molecule is Cc1ccc(/C=N\OCC(=O)NCCCc2ccccc2)cc1. The van der Waals surface area contributed by atoms with Gasteiger partial charge in [-0.3, -0.25) is 4.79 Å². The van der Waals surface area contributed by atoms with E-state index in [0.29, 0.717) is 6.54 Å². The van der Waals surface area contributed by atoms with E-state index in [2.05, 4.69) is 22.6 Å². The standard InChI is InChI=1S/C19H22N2O2/c1-16-9-11-18(12-10-16)14-21-23-15-19(22)20-13-5-8-17-6-3-2-4-7-17/h2-4,6-7,9-12,14H,5,8,13,15H2,1H3,(H,20,22)/b21-14-. The summed E-state index contributed by atoms with van der Waals surface area (Å²) in [5.41, 5.74) is 3.41. The summed E-state index contributed by atoms with van der Waals surface area (Å²) in [6.07, 6.45) is 3.46. The molecule has 4 heteroatoms. The number of amides is 1. The van der Waals surface area contributed by atoms with Crippen LogP contribution in [0, 0.1) is 6.92 Å². The third-order valence-corrected chi connectivity index (χ3v) is 3.36. The molecule has 0 aliphatic heterocycles. The minimum absolute atomic E-state index is 0.0618. The lowest BCUT2D eigenvalue weighted by atomic mass is 10.1. The van der Waals surface area contributed by atoms with Crippen LogP contribution in [-0.2, 0) is 16.1 Å². The summed E-state index contributed by atoms with van der Waals surface area (Å²) in [4.78, 5) is 16.6. The Hall–Kier alpha value is -2.62. The number of carbonyl (C=O) groups is 1. The van der Waals surface area contributed by atoms with Crippen LogP contribution in [0.15, 0.2) is 59.8 Å². The molecule has 0 radical (unpaired) electrons. The second-order valence-corrected chi connectivity index (χ2v) is 5.36. The van der Waals surface area contributed by atoms with Crippen molar-refractivity contribution in [1.29, 1.82) is 0 Å². The summed E-state index contributed by atoms with van der Waals surface area (Å²) in [5, 5.41) is 6.62. The van der Waals surface area contributed by atoms with Crippen molar-refractivity contribution in [2.45, 2.75) is 19.8 Å². The topological polar surface area (TPSA) is 50.7 Å². The first kappa shape index (κ1) is 16.7. The van der Waals surface area contributed by atoms with Crippen LogP contribution in [0.4, 0.5) is 0 Å². The molecule has 0 unspecified atom stereocenters. The number of hydrogen-bond donors (Lipinski definition) is 1. The Morgan fingerprint density at radius 2 is 1.87 bits per heavy atom. The predicted octanol–water partition coefficient (Wildman–Crippen LogP) is 3.09. The monoisotopic (exact) mass is 310 g/mol. The van der Waals surface area contributed by atoms with Gasteiger partial charge in [0.1, 0.15) is 0 Å². The number of oxime groups is 1. The summed E-state index contributed by atoms with van der Waals surface area (Å²) in [6.45, 7) is 2.60. The minimum atomic E-state index is -0.154. The van der Waals surface area contributed by atoms with Crippen LogP contribution < -0.4 is 5.32 Å². The van der Waals surface area contributed by atoms with Gasteiger partial charge in [0.05, 0.1) is 6.21 Å². The molecule has 2 aromatic carbocycles. The van der Waals surface area contributed by atoms with Crippen molar-refractivity contribution in [3.05, 3.63) is 71.3 Å². The molecule has 2 rings (SSSR count). The summed E-state index contributed by atoms with van der Waals surface area (Å²) in [6, 6.07) is 18.1. The molecule has 0 saturated heterocycles. The molecule has 0 aliphatic carbocycles. The van der Waals surface area contributed by atoms with E-state index in [1.165, 1.54) is 11.1 Å². The minimum Gasteiger partial charge on any atom is -0.386 e. The lowest BCUT2D eigenvalue weighted by Gasteiger charge is -2.04. The summed E-state index contributed by atoms with van der Waals surface area (Å²) in [7, 11) is 0. The van der Waals surface area contributed by atoms with E-state index in [1.54, 1.807) is 6.21 Å². The molecular weight excluding hydrogens is 288 g/mol. The third-order valence-electron chi connectivity index (χ3n) is 3.36. The van der Waals surface area contributed by atoms with E-state index in [-0.39, 0.29) is 12.5 Å². The number of aryl methyl sites for hydroxylation is 2. The van der Waals surface area contributed by atoms with Gasteiger partial charge in [0, 0.05) is 6.54 Å². The molecule has 0 bridgehead atoms. The van der Waals surface area contributed by atoms with Crippen molar-refractivity contribution in [3.63, 3.8) is 0 Å².